The van der Waals surface area contributed by atoms with Crippen molar-refractivity contribution in [2.45, 2.75) is 367 Å². The van der Waals surface area contributed by atoms with Crippen molar-refractivity contribution in [1.29, 1.82) is 0 Å². The molecule has 0 saturated carbocycles. The number of nitrogens with two attached hydrogens (primary N) is 1. The van der Waals surface area contributed by atoms with Crippen LogP contribution in [-0.2, 0) is 32.7 Å². The molecule has 0 aliphatic heterocycles. The first-order valence-corrected chi connectivity index (χ1v) is 41.8. The van der Waals surface area contributed by atoms with Crippen molar-refractivity contribution in [3.05, 3.63) is 146 Å². The van der Waals surface area contributed by atoms with E-state index in [-0.39, 0.29) is 38.6 Å². The highest BCUT2D eigenvalue weighted by molar-refractivity contribution is 7.47. The van der Waals surface area contributed by atoms with Gasteiger partial charge < -0.3 is 20.1 Å². The zero-order chi connectivity index (χ0) is 70.0. The van der Waals surface area contributed by atoms with E-state index in [1.54, 1.807) is 0 Å². The molecular formula is C87H150NO8P. The fourth-order valence-corrected chi connectivity index (χ4v) is 12.1. The number of esters is 2. The number of carbonyl (C=O) groups excluding carboxylic acids is 2. The third-order valence-electron chi connectivity index (χ3n) is 17.2. The number of phosphoric acid groups is 1. The quantitative estimate of drug-likeness (QED) is 0.0264. The summed E-state index contributed by atoms with van der Waals surface area (Å²) in [6.07, 6.45) is 117. The van der Waals surface area contributed by atoms with Crippen molar-refractivity contribution < 1.29 is 37.6 Å². The van der Waals surface area contributed by atoms with E-state index in [0.717, 1.165) is 128 Å². The highest BCUT2D eigenvalue weighted by Gasteiger charge is 2.26. The zero-order valence-corrected chi connectivity index (χ0v) is 63.7. The van der Waals surface area contributed by atoms with Crippen LogP contribution >= 0.6 is 7.82 Å². The van der Waals surface area contributed by atoms with Crippen molar-refractivity contribution in [2.24, 2.45) is 5.73 Å². The molecule has 10 heteroatoms. The number of phosphoric ester groups is 1. The number of hydrogen-bond acceptors (Lipinski definition) is 8. The van der Waals surface area contributed by atoms with Crippen molar-refractivity contribution in [1.82, 2.24) is 0 Å². The van der Waals surface area contributed by atoms with Gasteiger partial charge in [0.25, 0.3) is 0 Å². The van der Waals surface area contributed by atoms with Crippen LogP contribution in [0.3, 0.4) is 0 Å². The summed E-state index contributed by atoms with van der Waals surface area (Å²) in [5.74, 6) is -0.840. The Balaban J connectivity index is 3.87. The molecule has 0 spiro atoms. The molecule has 556 valence electrons. The Morgan fingerprint density at radius 2 is 0.567 bits per heavy atom. The van der Waals surface area contributed by atoms with Crippen LogP contribution in [0.5, 0.6) is 0 Å². The number of carbonyl (C=O) groups is 2. The van der Waals surface area contributed by atoms with Crippen LogP contribution in [0.15, 0.2) is 146 Å². The van der Waals surface area contributed by atoms with Crippen molar-refractivity contribution in [2.75, 3.05) is 26.4 Å². The lowest BCUT2D eigenvalue weighted by atomic mass is 10.0. The largest absolute Gasteiger partial charge is 0.472 e. The normalized spacial score (nSPS) is 13.6. The molecule has 0 fully saturated rings. The lowest BCUT2D eigenvalue weighted by Crippen LogP contribution is -2.29. The van der Waals surface area contributed by atoms with E-state index in [4.69, 9.17) is 24.3 Å². The molecule has 0 aromatic carbocycles. The average molecular weight is 1370 g/mol. The van der Waals surface area contributed by atoms with E-state index in [2.05, 4.69) is 160 Å². The minimum absolute atomic E-state index is 0.0454. The van der Waals surface area contributed by atoms with Gasteiger partial charge in [-0.15, -0.1) is 0 Å². The fourth-order valence-electron chi connectivity index (χ4n) is 11.3. The molecule has 2 unspecified atom stereocenters. The maximum atomic E-state index is 12.8. The SMILES string of the molecule is CC/C=C\C/C=C\C/C=C\C/C=C\C/C=C\C/C=C\C/C=C\C/C=C\C/C=C\C/C=C\CCCCCCCCC(=O)OC(COC(=O)CCCCCCCCCCCCCCCCCCCCCCCCCCCCC/C=C\C/C=C\CCCCCCC)COP(=O)(O)OCCN. The molecule has 97 heavy (non-hydrogen) atoms. The maximum absolute atomic E-state index is 12.8. The van der Waals surface area contributed by atoms with Gasteiger partial charge in [0.15, 0.2) is 6.10 Å². The van der Waals surface area contributed by atoms with Crippen LogP contribution in [0.2, 0.25) is 0 Å². The van der Waals surface area contributed by atoms with Gasteiger partial charge in [0, 0.05) is 19.4 Å². The summed E-state index contributed by atoms with van der Waals surface area (Å²) < 4.78 is 33.2. The molecule has 0 rings (SSSR count). The van der Waals surface area contributed by atoms with Crippen LogP contribution < -0.4 is 5.73 Å². The molecule has 0 heterocycles. The molecule has 0 saturated heterocycles. The molecule has 0 aromatic rings. The first kappa shape index (κ1) is 92.9. The van der Waals surface area contributed by atoms with Crippen LogP contribution in [0.4, 0.5) is 0 Å². The summed E-state index contributed by atoms with van der Waals surface area (Å²) in [5, 5.41) is 0. The van der Waals surface area contributed by atoms with Crippen LogP contribution in [0.25, 0.3) is 0 Å². The van der Waals surface area contributed by atoms with E-state index in [0.29, 0.717) is 6.42 Å². The molecule has 2 atom stereocenters. The third kappa shape index (κ3) is 80.8. The zero-order valence-electron chi connectivity index (χ0n) is 62.8. The number of rotatable bonds is 75. The van der Waals surface area contributed by atoms with Gasteiger partial charge in [-0.05, 0) is 122 Å². The minimum Gasteiger partial charge on any atom is -0.462 e. The number of ether oxygens (including phenoxy) is 2. The summed E-state index contributed by atoms with van der Waals surface area (Å²) >= 11 is 0. The summed E-state index contributed by atoms with van der Waals surface area (Å²) in [5.41, 5.74) is 5.41. The van der Waals surface area contributed by atoms with E-state index in [1.807, 2.05) is 0 Å². The molecule has 0 bridgehead atoms. The topological polar surface area (TPSA) is 134 Å². The van der Waals surface area contributed by atoms with Crippen molar-refractivity contribution in [3.63, 3.8) is 0 Å². The van der Waals surface area contributed by atoms with Gasteiger partial charge in [-0.3, -0.25) is 18.6 Å². The Kier molecular flexibility index (Phi) is 77.4. The molecule has 0 radical (unpaired) electrons. The van der Waals surface area contributed by atoms with Crippen molar-refractivity contribution in [3.8, 4) is 0 Å². The van der Waals surface area contributed by atoms with Gasteiger partial charge in [-0.1, -0.05) is 372 Å². The van der Waals surface area contributed by atoms with Crippen molar-refractivity contribution >= 4 is 19.8 Å². The average Bonchev–Trinajstić information content (AvgIpc) is 2.17. The minimum atomic E-state index is -4.41. The lowest BCUT2D eigenvalue weighted by Gasteiger charge is -2.19. The molecule has 0 aromatic heterocycles. The van der Waals surface area contributed by atoms with Crippen LogP contribution in [0, 0.1) is 0 Å². The standard InChI is InChI=1S/C87H150NO8P/c1-3-5-7-9-11-13-15-17-19-21-23-25-27-29-31-33-35-37-39-41-42-44-45-47-49-51-53-55-57-59-61-63-65-67-69-71-73-75-77-79-86(89)93-83-85(84-95-97(91,92)94-82-81-88)96-87(90)80-78-76-74-72-70-68-66-64-62-60-58-56-54-52-50-48-46-43-40-38-36-34-32-30-28-26-24-22-20-18-16-14-12-10-8-6-4-2/h6,8,12,14-15,17-18,20-21,23-24,26,30,32,36,38,43,46,50,52,56,58,62,64,85H,3-5,7,9-11,13,16,19,22,25,27-29,31,33-35,37,39-42,44-45,47-49,51,53-55,57,59-61,63,65-84,88H2,1-2H3,(H,91,92)/b8-6-,14-12-,17-15-,20-18-,23-21-,26-24-,32-30-,38-36-,46-43-,52-50-,58-56-,64-62-. The van der Waals surface area contributed by atoms with Gasteiger partial charge in [-0.2, -0.15) is 0 Å². The second-order valence-corrected chi connectivity index (χ2v) is 28.0. The highest BCUT2D eigenvalue weighted by atomic mass is 31.2. The Morgan fingerprint density at radius 1 is 0.320 bits per heavy atom. The van der Waals surface area contributed by atoms with E-state index in [9.17, 15) is 19.0 Å². The second kappa shape index (κ2) is 80.9. The Bertz CT molecular complexity index is 2110. The van der Waals surface area contributed by atoms with Gasteiger partial charge in [0.05, 0.1) is 13.2 Å². The first-order chi connectivity index (χ1) is 47.8. The highest BCUT2D eigenvalue weighted by Crippen LogP contribution is 2.43. The van der Waals surface area contributed by atoms with Crippen LogP contribution in [-0.4, -0.2) is 49.3 Å². The summed E-state index contributed by atoms with van der Waals surface area (Å²) in [6.45, 7) is 3.63. The van der Waals surface area contributed by atoms with Gasteiger partial charge in [0.1, 0.15) is 6.61 Å². The lowest BCUT2D eigenvalue weighted by molar-refractivity contribution is -0.161. The number of allylic oxidation sites excluding steroid dienone is 24. The fraction of sp³-hybridized carbons (Fsp3) is 0.701. The Labute approximate surface area is 598 Å². The van der Waals surface area contributed by atoms with Gasteiger partial charge in [-0.25, -0.2) is 4.57 Å². The van der Waals surface area contributed by atoms with E-state index < -0.39 is 26.5 Å². The molecule has 0 aliphatic carbocycles. The maximum Gasteiger partial charge on any atom is 0.472 e. The third-order valence-corrected chi connectivity index (χ3v) is 18.2. The predicted octanol–water partition coefficient (Wildman–Crippen LogP) is 27.3. The van der Waals surface area contributed by atoms with Crippen LogP contribution in [0.1, 0.15) is 361 Å². The summed E-state index contributed by atoms with van der Waals surface area (Å²) in [7, 11) is -4.41. The molecule has 9 nitrogen and oxygen atoms in total. The Hall–Kier alpha value is -4.11. The number of unbranched alkanes of at least 4 members (excludes halogenated alkanes) is 38. The predicted molar refractivity (Wildman–Crippen MR) is 422 cm³/mol. The molecular weight excluding hydrogens is 1220 g/mol. The second-order valence-electron chi connectivity index (χ2n) is 26.6. The van der Waals surface area contributed by atoms with E-state index in [1.165, 1.54) is 199 Å². The molecule has 0 aliphatic rings. The molecule has 3 N–H and O–H groups in total. The van der Waals surface area contributed by atoms with E-state index >= 15 is 0 Å². The Morgan fingerprint density at radius 3 is 0.845 bits per heavy atom. The first-order valence-electron chi connectivity index (χ1n) is 40.3. The monoisotopic (exact) mass is 1370 g/mol. The summed E-state index contributed by atoms with van der Waals surface area (Å²) in [6, 6.07) is 0. The molecule has 0 amide bonds. The number of hydrogen-bond donors (Lipinski definition) is 2. The van der Waals surface area contributed by atoms with Gasteiger partial charge >= 0.3 is 19.8 Å². The summed E-state index contributed by atoms with van der Waals surface area (Å²) in [4.78, 5) is 35.5. The smallest absolute Gasteiger partial charge is 0.462 e. The van der Waals surface area contributed by atoms with Gasteiger partial charge in [0.2, 0.25) is 0 Å².